The van der Waals surface area contributed by atoms with Gasteiger partial charge < -0.3 is 10.4 Å². The van der Waals surface area contributed by atoms with E-state index in [0.717, 1.165) is 6.07 Å². The minimum Gasteiger partial charge on any atom is -0.506 e. The van der Waals surface area contributed by atoms with E-state index in [-0.39, 0.29) is 52.8 Å². The van der Waals surface area contributed by atoms with E-state index in [0.29, 0.717) is 5.39 Å². The first-order valence-corrected chi connectivity index (χ1v) is 7.65. The molecule has 0 saturated heterocycles. The van der Waals surface area contributed by atoms with Crippen LogP contribution in [0.5, 0.6) is 5.75 Å². The molecule has 0 fully saturated rings. The van der Waals surface area contributed by atoms with Gasteiger partial charge in [0.15, 0.2) is 0 Å². The largest absolute Gasteiger partial charge is 0.506 e. The van der Waals surface area contributed by atoms with E-state index in [2.05, 4.69) is 5.32 Å². The summed E-state index contributed by atoms with van der Waals surface area (Å²) in [6, 6.07) is 7.16. The minimum atomic E-state index is -4.67. The van der Waals surface area contributed by atoms with Crippen LogP contribution in [0.1, 0.15) is 13.3 Å². The Bertz CT molecular complexity index is 878. The molecule has 0 spiro atoms. The van der Waals surface area contributed by atoms with Gasteiger partial charge in [0.1, 0.15) is 16.4 Å². The molecule has 0 saturated carbocycles. The second-order valence-electron chi connectivity index (χ2n) is 4.72. The van der Waals surface area contributed by atoms with Crippen LogP contribution < -0.4 is 5.32 Å². The van der Waals surface area contributed by atoms with Crippen molar-refractivity contribution in [2.75, 3.05) is 5.32 Å². The molecule has 1 amide bonds. The summed E-state index contributed by atoms with van der Waals surface area (Å²) in [6.45, 7) is 1.25. The van der Waals surface area contributed by atoms with Gasteiger partial charge in [-0.25, -0.2) is 0 Å². The van der Waals surface area contributed by atoms with E-state index in [1.54, 1.807) is 18.2 Å². The standard InChI is InChI=1S/C14H13NO6S.Na/c1-8(16)6-13(17)15-11-7-12(22(19,20)21)14(18)10-5-3-2-4-9(10)11;/h2-5,7,18H,6H2,1H3,(H,15,17)(H,19,20,21);. The van der Waals surface area contributed by atoms with Crippen LogP contribution in [0.25, 0.3) is 10.8 Å². The number of phenolic OH excluding ortho intramolecular Hbond substituents is 1. The molecule has 3 N–H and O–H groups in total. The molecule has 2 aromatic rings. The quantitative estimate of drug-likeness (QED) is 0.332. The maximum absolute atomic E-state index is 11.7. The summed E-state index contributed by atoms with van der Waals surface area (Å²) in [5, 5.41) is 12.9. The number of amides is 1. The van der Waals surface area contributed by atoms with Gasteiger partial charge in [-0.05, 0) is 13.0 Å². The van der Waals surface area contributed by atoms with Crippen molar-refractivity contribution in [3.8, 4) is 5.75 Å². The van der Waals surface area contributed by atoms with Crippen molar-refractivity contribution >= 4 is 67.8 Å². The molecule has 2 rings (SSSR count). The maximum atomic E-state index is 11.7. The van der Waals surface area contributed by atoms with Crippen LogP contribution in [0, 0.1) is 0 Å². The van der Waals surface area contributed by atoms with Crippen LogP contribution in [-0.2, 0) is 19.7 Å². The first-order valence-electron chi connectivity index (χ1n) is 6.21. The summed E-state index contributed by atoms with van der Waals surface area (Å²) in [5.41, 5.74) is 0.0762. The SMILES string of the molecule is CC(=O)CC(=O)Nc1cc(S(=O)(=O)O)c(O)c2ccccc12.[Na]. The second kappa shape index (κ2) is 7.41. The normalized spacial score (nSPS) is 10.9. The number of nitrogens with one attached hydrogen (secondary N) is 1. The van der Waals surface area contributed by atoms with Gasteiger partial charge >= 0.3 is 0 Å². The molecule has 0 aliphatic rings. The number of hydrogen-bond donors (Lipinski definition) is 3. The summed E-state index contributed by atoms with van der Waals surface area (Å²) in [7, 11) is -4.67. The predicted molar refractivity (Wildman–Crippen MR) is 85.1 cm³/mol. The Morgan fingerprint density at radius 2 is 1.74 bits per heavy atom. The molecular weight excluding hydrogens is 333 g/mol. The Morgan fingerprint density at radius 1 is 1.17 bits per heavy atom. The van der Waals surface area contributed by atoms with E-state index < -0.39 is 26.7 Å². The summed E-state index contributed by atoms with van der Waals surface area (Å²) >= 11 is 0. The number of benzene rings is 2. The average Bonchev–Trinajstić information content (AvgIpc) is 2.40. The third-order valence-corrected chi connectivity index (χ3v) is 3.81. The Hall–Kier alpha value is -1.45. The van der Waals surface area contributed by atoms with E-state index in [9.17, 15) is 27.7 Å². The smallest absolute Gasteiger partial charge is 0.298 e. The zero-order valence-corrected chi connectivity index (χ0v) is 15.3. The molecule has 117 valence electrons. The first-order chi connectivity index (χ1) is 10.2. The van der Waals surface area contributed by atoms with Gasteiger partial charge in [0.25, 0.3) is 10.1 Å². The Labute approximate surface area is 154 Å². The molecule has 0 unspecified atom stereocenters. The van der Waals surface area contributed by atoms with Crippen molar-refractivity contribution in [3.05, 3.63) is 30.3 Å². The van der Waals surface area contributed by atoms with Gasteiger partial charge in [-0.1, -0.05) is 24.3 Å². The van der Waals surface area contributed by atoms with Crippen LogP contribution >= 0.6 is 0 Å². The third kappa shape index (κ3) is 4.52. The van der Waals surface area contributed by atoms with Gasteiger partial charge in [-0.3, -0.25) is 14.1 Å². The monoisotopic (exact) mass is 346 g/mol. The topological polar surface area (TPSA) is 121 Å². The van der Waals surface area contributed by atoms with Crippen LogP contribution in [0.4, 0.5) is 5.69 Å². The Morgan fingerprint density at radius 3 is 2.26 bits per heavy atom. The van der Waals surface area contributed by atoms with Gasteiger partial charge in [0.05, 0.1) is 12.1 Å². The number of fused-ring (bicyclic) bond motifs is 1. The fourth-order valence-electron chi connectivity index (χ4n) is 2.05. The summed E-state index contributed by atoms with van der Waals surface area (Å²) in [4.78, 5) is 21.9. The van der Waals surface area contributed by atoms with Crippen molar-refractivity contribution in [1.82, 2.24) is 0 Å². The van der Waals surface area contributed by atoms with E-state index in [4.69, 9.17) is 0 Å². The van der Waals surface area contributed by atoms with Crippen LogP contribution in [0.3, 0.4) is 0 Å². The number of phenols is 1. The molecule has 23 heavy (non-hydrogen) atoms. The van der Waals surface area contributed by atoms with Gasteiger partial charge in [-0.2, -0.15) is 8.42 Å². The van der Waals surface area contributed by atoms with Crippen molar-refractivity contribution in [3.63, 3.8) is 0 Å². The van der Waals surface area contributed by atoms with Crippen LogP contribution in [0.15, 0.2) is 35.2 Å². The van der Waals surface area contributed by atoms with E-state index in [1.807, 2.05) is 0 Å². The van der Waals surface area contributed by atoms with Gasteiger partial charge in [0.2, 0.25) is 5.91 Å². The molecule has 2 aromatic carbocycles. The Balaban J connectivity index is 0.00000264. The third-order valence-electron chi connectivity index (χ3n) is 2.94. The number of aromatic hydroxyl groups is 1. The summed E-state index contributed by atoms with van der Waals surface area (Å²) < 4.78 is 31.9. The zero-order valence-electron chi connectivity index (χ0n) is 12.5. The zero-order chi connectivity index (χ0) is 16.5. The fourth-order valence-corrected chi connectivity index (χ4v) is 2.68. The molecule has 0 aliphatic carbocycles. The number of hydrogen-bond acceptors (Lipinski definition) is 5. The number of rotatable bonds is 4. The van der Waals surface area contributed by atoms with Crippen molar-refractivity contribution in [2.24, 2.45) is 0 Å². The van der Waals surface area contributed by atoms with Crippen molar-refractivity contribution in [2.45, 2.75) is 18.2 Å². The van der Waals surface area contributed by atoms with Gasteiger partial charge in [0, 0.05) is 40.3 Å². The molecule has 1 radical (unpaired) electrons. The predicted octanol–water partition coefficient (Wildman–Crippen LogP) is 1.33. The first kappa shape index (κ1) is 19.6. The minimum absolute atomic E-state index is 0. The van der Waals surface area contributed by atoms with E-state index in [1.165, 1.54) is 13.0 Å². The number of Topliss-reactive ketones (excluding diaryl/α,β-unsaturated/α-hetero) is 1. The van der Waals surface area contributed by atoms with Crippen molar-refractivity contribution < 1.29 is 27.7 Å². The fraction of sp³-hybridized carbons (Fsp3) is 0.143. The molecule has 0 aromatic heterocycles. The summed E-state index contributed by atoms with van der Waals surface area (Å²) in [6.07, 6.45) is -0.365. The second-order valence-corrected chi connectivity index (χ2v) is 6.11. The maximum Gasteiger partial charge on any atom is 0.298 e. The number of carbonyl (C=O) groups is 2. The number of ketones is 1. The molecule has 0 aliphatic heterocycles. The van der Waals surface area contributed by atoms with E-state index >= 15 is 0 Å². The molecule has 7 nitrogen and oxygen atoms in total. The van der Waals surface area contributed by atoms with Gasteiger partial charge in [-0.15, -0.1) is 0 Å². The molecule has 0 bridgehead atoms. The van der Waals surface area contributed by atoms with Crippen molar-refractivity contribution in [1.29, 1.82) is 0 Å². The molecule has 9 heteroatoms. The molecular formula is C14H13NNaO6S. The molecule has 0 heterocycles. The average molecular weight is 346 g/mol. The number of carbonyl (C=O) groups excluding carboxylic acids is 2. The van der Waals surface area contributed by atoms with Crippen LogP contribution in [-0.4, -0.2) is 59.3 Å². The molecule has 0 atom stereocenters. The van der Waals surface area contributed by atoms with Crippen LogP contribution in [0.2, 0.25) is 0 Å². The number of anilines is 1. The summed E-state index contributed by atoms with van der Waals surface area (Å²) in [5.74, 6) is -1.58. The Kier molecular flexibility index (Phi) is 6.32.